The number of ether oxygens (including phenoxy) is 1. The van der Waals surface area contributed by atoms with Gasteiger partial charge in [0.15, 0.2) is 0 Å². The van der Waals surface area contributed by atoms with Gasteiger partial charge in [-0.2, -0.15) is 0 Å². The van der Waals surface area contributed by atoms with Crippen molar-refractivity contribution in [1.29, 1.82) is 0 Å². The quantitative estimate of drug-likeness (QED) is 0.715. The topological polar surface area (TPSA) is 21.3 Å². The molecule has 13 heavy (non-hydrogen) atoms. The Morgan fingerprint density at radius 3 is 2.15 bits per heavy atom. The summed E-state index contributed by atoms with van der Waals surface area (Å²) in [5.41, 5.74) is 0. The zero-order chi connectivity index (χ0) is 9.31. The third kappa shape index (κ3) is 2.38. The van der Waals surface area contributed by atoms with E-state index in [9.17, 15) is 8.78 Å². The average molecular weight is 191 g/mol. The Bertz CT molecular complexity index is 172. The van der Waals surface area contributed by atoms with Gasteiger partial charge in [0.1, 0.15) is 0 Å². The van der Waals surface area contributed by atoms with Crippen molar-refractivity contribution in [2.45, 2.75) is 43.8 Å². The first kappa shape index (κ1) is 9.34. The van der Waals surface area contributed by atoms with Crippen molar-refractivity contribution in [2.75, 3.05) is 13.1 Å². The SMILES string of the molecule is FC1(F)CCC(OC2CNC2)CC1. The summed E-state index contributed by atoms with van der Waals surface area (Å²) in [6.45, 7) is 1.76. The molecule has 0 atom stereocenters. The highest BCUT2D eigenvalue weighted by molar-refractivity contribution is 4.82. The summed E-state index contributed by atoms with van der Waals surface area (Å²) in [6.07, 6.45) is 1.38. The number of nitrogens with one attached hydrogen (secondary N) is 1. The Morgan fingerprint density at radius 1 is 1.08 bits per heavy atom. The minimum absolute atomic E-state index is 0.00217. The van der Waals surface area contributed by atoms with Gasteiger partial charge in [0, 0.05) is 25.9 Å². The van der Waals surface area contributed by atoms with Crippen molar-refractivity contribution >= 4 is 0 Å². The van der Waals surface area contributed by atoms with E-state index in [0.717, 1.165) is 13.1 Å². The molecule has 0 bridgehead atoms. The molecule has 0 radical (unpaired) electrons. The smallest absolute Gasteiger partial charge is 0.248 e. The molecule has 2 aliphatic rings. The average Bonchev–Trinajstić information content (AvgIpc) is 1.99. The van der Waals surface area contributed by atoms with Crippen LogP contribution in [0.1, 0.15) is 25.7 Å². The van der Waals surface area contributed by atoms with E-state index in [1.54, 1.807) is 0 Å². The standard InChI is InChI=1S/C9H15F2NO/c10-9(11)3-1-7(2-4-9)13-8-5-12-6-8/h7-8,12H,1-6H2. The summed E-state index contributed by atoms with van der Waals surface area (Å²) in [4.78, 5) is 0. The van der Waals surface area contributed by atoms with Gasteiger partial charge in [-0.05, 0) is 12.8 Å². The zero-order valence-electron chi connectivity index (χ0n) is 7.56. The lowest BCUT2D eigenvalue weighted by Crippen LogP contribution is -2.50. The predicted molar refractivity (Wildman–Crippen MR) is 44.9 cm³/mol. The molecule has 2 nitrogen and oxygen atoms in total. The maximum atomic E-state index is 12.7. The fourth-order valence-electron chi connectivity index (χ4n) is 1.78. The molecule has 1 N–H and O–H groups in total. The molecule has 0 amide bonds. The van der Waals surface area contributed by atoms with Crippen LogP contribution in [0, 0.1) is 0 Å². The minimum atomic E-state index is -2.43. The van der Waals surface area contributed by atoms with E-state index in [1.165, 1.54) is 0 Å². The molecule has 0 aromatic heterocycles. The van der Waals surface area contributed by atoms with E-state index in [4.69, 9.17) is 4.74 Å². The van der Waals surface area contributed by atoms with Crippen molar-refractivity contribution in [1.82, 2.24) is 5.32 Å². The summed E-state index contributed by atoms with van der Waals surface area (Å²) in [5.74, 6) is -2.43. The first-order valence-corrected chi connectivity index (χ1v) is 4.90. The van der Waals surface area contributed by atoms with Crippen LogP contribution in [-0.4, -0.2) is 31.2 Å². The fourth-order valence-corrected chi connectivity index (χ4v) is 1.78. The summed E-state index contributed by atoms with van der Waals surface area (Å²) in [5, 5.41) is 3.09. The number of alkyl halides is 2. The Morgan fingerprint density at radius 2 is 1.69 bits per heavy atom. The number of rotatable bonds is 2. The third-order valence-corrected chi connectivity index (χ3v) is 2.79. The molecular weight excluding hydrogens is 176 g/mol. The minimum Gasteiger partial charge on any atom is -0.372 e. The summed E-state index contributed by atoms with van der Waals surface area (Å²) < 4.78 is 31.1. The van der Waals surface area contributed by atoms with Crippen LogP contribution >= 0.6 is 0 Å². The third-order valence-electron chi connectivity index (χ3n) is 2.79. The van der Waals surface area contributed by atoms with Crippen LogP contribution in [0.4, 0.5) is 8.78 Å². The van der Waals surface area contributed by atoms with Gasteiger partial charge >= 0.3 is 0 Å². The summed E-state index contributed by atoms with van der Waals surface area (Å²) in [6, 6.07) is 0. The number of hydrogen-bond acceptors (Lipinski definition) is 2. The van der Waals surface area contributed by atoms with Crippen LogP contribution in [0.25, 0.3) is 0 Å². The molecule has 0 aromatic rings. The van der Waals surface area contributed by atoms with Gasteiger partial charge in [0.05, 0.1) is 12.2 Å². The van der Waals surface area contributed by atoms with Crippen molar-refractivity contribution in [3.63, 3.8) is 0 Å². The van der Waals surface area contributed by atoms with E-state index in [1.807, 2.05) is 0 Å². The maximum Gasteiger partial charge on any atom is 0.248 e. The molecule has 76 valence electrons. The van der Waals surface area contributed by atoms with Gasteiger partial charge in [-0.25, -0.2) is 8.78 Å². The Kier molecular flexibility index (Phi) is 2.51. The first-order valence-electron chi connectivity index (χ1n) is 4.90. The Hall–Kier alpha value is -0.220. The maximum absolute atomic E-state index is 12.7. The predicted octanol–water partition coefficient (Wildman–Crippen LogP) is 1.55. The summed E-state index contributed by atoms with van der Waals surface area (Å²) >= 11 is 0. The highest BCUT2D eigenvalue weighted by Crippen LogP contribution is 2.34. The van der Waals surface area contributed by atoms with Crippen molar-refractivity contribution in [3.05, 3.63) is 0 Å². The van der Waals surface area contributed by atoms with Crippen molar-refractivity contribution in [3.8, 4) is 0 Å². The molecule has 1 heterocycles. The second-order valence-electron chi connectivity index (χ2n) is 3.97. The molecule has 1 aliphatic heterocycles. The Balaban J connectivity index is 1.71. The number of hydrogen-bond donors (Lipinski definition) is 1. The van der Waals surface area contributed by atoms with Gasteiger partial charge in [0.2, 0.25) is 5.92 Å². The van der Waals surface area contributed by atoms with Crippen LogP contribution in [0.5, 0.6) is 0 Å². The van der Waals surface area contributed by atoms with Crippen molar-refractivity contribution < 1.29 is 13.5 Å². The molecule has 4 heteroatoms. The molecule has 2 rings (SSSR count). The lowest BCUT2D eigenvalue weighted by molar-refractivity contribution is -0.107. The van der Waals surface area contributed by atoms with Crippen molar-refractivity contribution in [2.24, 2.45) is 0 Å². The molecule has 0 aromatic carbocycles. The normalized spacial score (nSPS) is 30.0. The zero-order valence-corrected chi connectivity index (χ0v) is 7.56. The molecule has 1 saturated carbocycles. The highest BCUT2D eigenvalue weighted by Gasteiger charge is 2.36. The Labute approximate surface area is 76.6 Å². The highest BCUT2D eigenvalue weighted by atomic mass is 19.3. The van der Waals surface area contributed by atoms with Crippen LogP contribution in [-0.2, 0) is 4.74 Å². The van der Waals surface area contributed by atoms with Crippen LogP contribution in [0.15, 0.2) is 0 Å². The van der Waals surface area contributed by atoms with Gasteiger partial charge in [-0.15, -0.1) is 0 Å². The molecule has 0 spiro atoms. The van der Waals surface area contributed by atoms with Crippen LogP contribution in [0.2, 0.25) is 0 Å². The molecule has 2 fully saturated rings. The lowest BCUT2D eigenvalue weighted by Gasteiger charge is -2.35. The molecule has 0 unspecified atom stereocenters. The van der Waals surface area contributed by atoms with Gasteiger partial charge in [0.25, 0.3) is 0 Å². The van der Waals surface area contributed by atoms with E-state index in [-0.39, 0.29) is 25.0 Å². The number of halogens is 2. The summed E-state index contributed by atoms with van der Waals surface area (Å²) in [7, 11) is 0. The van der Waals surface area contributed by atoms with Crippen LogP contribution in [0.3, 0.4) is 0 Å². The van der Waals surface area contributed by atoms with Crippen LogP contribution < -0.4 is 5.32 Å². The van der Waals surface area contributed by atoms with Gasteiger partial charge < -0.3 is 10.1 Å². The molecule has 1 saturated heterocycles. The van der Waals surface area contributed by atoms with E-state index in [2.05, 4.69) is 5.32 Å². The second kappa shape index (κ2) is 3.50. The van der Waals surface area contributed by atoms with E-state index < -0.39 is 5.92 Å². The van der Waals surface area contributed by atoms with E-state index in [0.29, 0.717) is 12.8 Å². The van der Waals surface area contributed by atoms with Gasteiger partial charge in [-0.1, -0.05) is 0 Å². The fraction of sp³-hybridized carbons (Fsp3) is 1.00. The second-order valence-corrected chi connectivity index (χ2v) is 3.97. The monoisotopic (exact) mass is 191 g/mol. The lowest BCUT2D eigenvalue weighted by atomic mass is 9.94. The van der Waals surface area contributed by atoms with Gasteiger partial charge in [-0.3, -0.25) is 0 Å². The van der Waals surface area contributed by atoms with E-state index >= 15 is 0 Å². The molecular formula is C9H15F2NO. The first-order chi connectivity index (χ1) is 6.16. The largest absolute Gasteiger partial charge is 0.372 e. The molecule has 1 aliphatic carbocycles.